The Morgan fingerprint density at radius 2 is 1.56 bits per heavy atom. The number of alkyl halides is 3. The van der Waals surface area contributed by atoms with Crippen molar-refractivity contribution in [3.8, 4) is 5.69 Å². The number of hydrogen-bond donors (Lipinski definition) is 1. The standard InChI is InChI=1S/C30H35ClF2N4O.C2HF3O2/c1-19-15-28(37(34-19)23-8-5-21(31)6-9-23)20-11-13-35(14-12-20)29(38)26-18-36(30(2,3)4)17-25(26)24-10-7-22(32)16-27(24)33;3-2(4,5)1(6)7/h5-10,15-16,20,25-26H,11-14,17-18H2,1-4H3;(H,6,7)/t25-,26+;/m0./s1. The maximum absolute atomic E-state index is 14.8. The first-order chi connectivity index (χ1) is 21.0. The van der Waals surface area contributed by atoms with E-state index < -0.39 is 23.8 Å². The summed E-state index contributed by atoms with van der Waals surface area (Å²) in [5.74, 6) is -4.28. The average Bonchev–Trinajstić information content (AvgIpc) is 3.57. The monoisotopic (exact) mass is 654 g/mol. The Morgan fingerprint density at radius 1 is 0.956 bits per heavy atom. The quantitative estimate of drug-likeness (QED) is 0.308. The number of aryl methyl sites for hydroxylation is 1. The molecule has 7 nitrogen and oxygen atoms in total. The van der Waals surface area contributed by atoms with Gasteiger partial charge in [-0.3, -0.25) is 9.69 Å². The molecule has 1 N–H and O–H groups in total. The number of benzene rings is 2. The molecule has 3 aromatic rings. The van der Waals surface area contributed by atoms with E-state index in [-0.39, 0.29) is 29.2 Å². The molecule has 1 amide bonds. The lowest BCUT2D eigenvalue weighted by molar-refractivity contribution is -0.192. The summed E-state index contributed by atoms with van der Waals surface area (Å²) >= 11 is 6.08. The first kappa shape index (κ1) is 34.4. The molecule has 1 aromatic heterocycles. The van der Waals surface area contributed by atoms with Crippen molar-refractivity contribution >= 4 is 23.5 Å². The summed E-state index contributed by atoms with van der Waals surface area (Å²) in [5.41, 5.74) is 3.32. The predicted octanol–water partition coefficient (Wildman–Crippen LogP) is 6.97. The summed E-state index contributed by atoms with van der Waals surface area (Å²) in [4.78, 5) is 27.0. The van der Waals surface area contributed by atoms with Gasteiger partial charge < -0.3 is 10.0 Å². The largest absolute Gasteiger partial charge is 0.490 e. The zero-order valence-corrected chi connectivity index (χ0v) is 26.2. The molecule has 0 radical (unpaired) electrons. The number of aromatic nitrogens is 2. The van der Waals surface area contributed by atoms with Gasteiger partial charge in [-0.2, -0.15) is 18.3 Å². The van der Waals surface area contributed by atoms with E-state index in [2.05, 4.69) is 31.7 Å². The third kappa shape index (κ3) is 8.21. The van der Waals surface area contributed by atoms with Gasteiger partial charge in [0.05, 0.1) is 17.3 Å². The number of rotatable bonds is 4. The molecule has 45 heavy (non-hydrogen) atoms. The number of amides is 1. The van der Waals surface area contributed by atoms with Crippen LogP contribution in [0.1, 0.15) is 62.4 Å². The fraction of sp³-hybridized carbons (Fsp3) is 0.469. The van der Waals surface area contributed by atoms with Crippen LogP contribution in [0, 0.1) is 24.5 Å². The molecule has 0 aliphatic carbocycles. The summed E-state index contributed by atoms with van der Waals surface area (Å²) in [6.45, 7) is 10.7. The second kappa shape index (κ2) is 13.5. The fourth-order valence-corrected chi connectivity index (χ4v) is 6.07. The van der Waals surface area contributed by atoms with Crippen LogP contribution in [0.3, 0.4) is 0 Å². The van der Waals surface area contributed by atoms with E-state index in [4.69, 9.17) is 26.6 Å². The lowest BCUT2D eigenvalue weighted by atomic mass is 9.86. The molecular formula is C32H36ClF5N4O3. The summed E-state index contributed by atoms with van der Waals surface area (Å²) in [5, 5.41) is 12.5. The molecular weight excluding hydrogens is 619 g/mol. The van der Waals surface area contributed by atoms with E-state index in [0.717, 1.165) is 36.0 Å². The highest BCUT2D eigenvalue weighted by atomic mass is 35.5. The number of carboxylic acid groups (broad SMARTS) is 1. The van der Waals surface area contributed by atoms with Gasteiger partial charge in [-0.1, -0.05) is 17.7 Å². The number of halogens is 6. The average molecular weight is 655 g/mol. The molecule has 0 saturated carbocycles. The Labute approximate surface area is 263 Å². The lowest BCUT2D eigenvalue weighted by Gasteiger charge is -2.35. The Morgan fingerprint density at radius 3 is 2.09 bits per heavy atom. The van der Waals surface area contributed by atoms with E-state index >= 15 is 0 Å². The Hall–Kier alpha value is -3.51. The smallest absolute Gasteiger partial charge is 0.475 e. The van der Waals surface area contributed by atoms with Gasteiger partial charge in [-0.25, -0.2) is 18.3 Å². The van der Waals surface area contributed by atoms with Gasteiger partial charge in [-0.15, -0.1) is 0 Å². The van der Waals surface area contributed by atoms with Gasteiger partial charge in [0.1, 0.15) is 11.6 Å². The molecule has 0 bridgehead atoms. The molecule has 2 aromatic carbocycles. The number of likely N-dealkylation sites (tertiary alicyclic amines) is 2. The van der Waals surface area contributed by atoms with Crippen LogP contribution in [0.2, 0.25) is 5.02 Å². The number of aliphatic carboxylic acids is 1. The van der Waals surface area contributed by atoms with Gasteiger partial charge in [0.2, 0.25) is 5.91 Å². The fourth-order valence-electron chi connectivity index (χ4n) is 5.95. The van der Waals surface area contributed by atoms with Crippen molar-refractivity contribution in [3.05, 3.63) is 82.1 Å². The van der Waals surface area contributed by atoms with Gasteiger partial charge in [0.15, 0.2) is 0 Å². The van der Waals surface area contributed by atoms with Crippen molar-refractivity contribution in [2.75, 3.05) is 26.2 Å². The second-order valence-electron chi connectivity index (χ2n) is 12.5. The van der Waals surface area contributed by atoms with Crippen molar-refractivity contribution in [1.29, 1.82) is 0 Å². The van der Waals surface area contributed by atoms with Crippen molar-refractivity contribution in [2.45, 2.75) is 64.1 Å². The van der Waals surface area contributed by atoms with Crippen LogP contribution in [0.15, 0.2) is 48.5 Å². The lowest BCUT2D eigenvalue weighted by Crippen LogP contribution is -2.44. The number of carboxylic acids is 1. The Kier molecular flexibility index (Phi) is 10.3. The molecule has 244 valence electrons. The third-order valence-electron chi connectivity index (χ3n) is 8.35. The van der Waals surface area contributed by atoms with E-state index in [1.165, 1.54) is 12.1 Å². The Balaban J connectivity index is 0.000000591. The summed E-state index contributed by atoms with van der Waals surface area (Å²) in [7, 11) is 0. The molecule has 5 rings (SSSR count). The van der Waals surface area contributed by atoms with Gasteiger partial charge in [-0.05, 0) is 82.5 Å². The van der Waals surface area contributed by atoms with Crippen LogP contribution < -0.4 is 0 Å². The van der Waals surface area contributed by atoms with Crippen molar-refractivity contribution in [3.63, 3.8) is 0 Å². The molecule has 0 unspecified atom stereocenters. The van der Waals surface area contributed by atoms with E-state index in [1.807, 2.05) is 40.8 Å². The van der Waals surface area contributed by atoms with Crippen molar-refractivity contribution in [1.82, 2.24) is 19.6 Å². The minimum Gasteiger partial charge on any atom is -0.475 e. The molecule has 2 aliphatic rings. The van der Waals surface area contributed by atoms with Crippen LogP contribution in [0.4, 0.5) is 22.0 Å². The zero-order valence-electron chi connectivity index (χ0n) is 25.4. The third-order valence-corrected chi connectivity index (χ3v) is 8.60. The highest BCUT2D eigenvalue weighted by Crippen LogP contribution is 2.40. The SMILES string of the molecule is Cc1cc(C2CCN(C(=O)[C@@H]3CN(C(C)(C)C)C[C@H]3c3ccc(F)cc3F)CC2)n(-c2ccc(Cl)cc2)n1.O=C(O)C(F)(F)F. The molecule has 13 heteroatoms. The summed E-state index contributed by atoms with van der Waals surface area (Å²) in [6, 6.07) is 13.5. The van der Waals surface area contributed by atoms with Crippen molar-refractivity contribution in [2.24, 2.45) is 5.92 Å². The molecule has 3 heterocycles. The topological polar surface area (TPSA) is 78.7 Å². The number of hydrogen-bond acceptors (Lipinski definition) is 4. The van der Waals surface area contributed by atoms with Crippen LogP contribution >= 0.6 is 11.6 Å². The zero-order chi connectivity index (χ0) is 33.3. The van der Waals surface area contributed by atoms with Crippen molar-refractivity contribution < 1.29 is 36.6 Å². The highest BCUT2D eigenvalue weighted by Gasteiger charge is 2.45. The van der Waals surface area contributed by atoms with E-state index in [9.17, 15) is 26.7 Å². The number of piperidine rings is 1. The van der Waals surface area contributed by atoms with Crippen LogP contribution in [-0.4, -0.2) is 74.5 Å². The summed E-state index contributed by atoms with van der Waals surface area (Å²) < 4.78 is 62.2. The van der Waals surface area contributed by atoms with Crippen LogP contribution in [0.25, 0.3) is 5.69 Å². The first-order valence-electron chi connectivity index (χ1n) is 14.6. The predicted molar refractivity (Wildman–Crippen MR) is 159 cm³/mol. The molecule has 2 aliphatic heterocycles. The van der Waals surface area contributed by atoms with E-state index in [0.29, 0.717) is 36.8 Å². The molecule has 0 spiro atoms. The maximum Gasteiger partial charge on any atom is 0.490 e. The molecule has 2 atom stereocenters. The van der Waals surface area contributed by atoms with Crippen LogP contribution in [0.5, 0.6) is 0 Å². The Bertz CT molecular complexity index is 1510. The van der Waals surface area contributed by atoms with Gasteiger partial charge in [0, 0.05) is 60.3 Å². The normalized spacial score (nSPS) is 19.7. The molecule has 2 saturated heterocycles. The highest BCUT2D eigenvalue weighted by molar-refractivity contribution is 6.30. The number of nitrogens with zero attached hydrogens (tertiary/aromatic N) is 4. The van der Waals surface area contributed by atoms with E-state index in [1.54, 1.807) is 0 Å². The first-order valence-corrected chi connectivity index (χ1v) is 14.9. The van der Waals surface area contributed by atoms with Crippen LogP contribution in [-0.2, 0) is 9.59 Å². The maximum atomic E-state index is 14.8. The van der Waals surface area contributed by atoms with Gasteiger partial charge >= 0.3 is 12.1 Å². The number of carbonyl (C=O) groups excluding carboxylic acids is 1. The van der Waals surface area contributed by atoms with Gasteiger partial charge in [0.25, 0.3) is 0 Å². The number of carbonyl (C=O) groups is 2. The second-order valence-corrected chi connectivity index (χ2v) is 12.9. The molecule has 2 fully saturated rings. The summed E-state index contributed by atoms with van der Waals surface area (Å²) in [6.07, 6.45) is -3.43. The minimum atomic E-state index is -5.08. The minimum absolute atomic E-state index is 0.0614.